The topological polar surface area (TPSA) is 44.5 Å². The molecule has 3 unspecified atom stereocenters. The smallest absolute Gasteiger partial charge is 0.124 e. The van der Waals surface area contributed by atoms with Crippen molar-refractivity contribution in [1.29, 1.82) is 0 Å². The molecule has 0 bridgehead atoms. The van der Waals surface area contributed by atoms with E-state index >= 15 is 0 Å². The van der Waals surface area contributed by atoms with E-state index in [4.69, 9.17) is 15.2 Å². The molecule has 3 heteroatoms. The Morgan fingerprint density at radius 3 is 2.88 bits per heavy atom. The second kappa shape index (κ2) is 5.52. The normalized spacial score (nSPS) is 25.8. The molecule has 1 saturated heterocycles. The molecule has 0 aliphatic carbocycles. The number of benzene rings is 1. The summed E-state index contributed by atoms with van der Waals surface area (Å²) in [4.78, 5) is 0. The highest BCUT2D eigenvalue weighted by Crippen LogP contribution is 2.33. The first-order chi connectivity index (χ1) is 8.24. The lowest BCUT2D eigenvalue weighted by atomic mass is 9.93. The molecule has 3 atom stereocenters. The minimum absolute atomic E-state index is 0.102. The summed E-state index contributed by atoms with van der Waals surface area (Å²) in [6.45, 7) is 5.65. The highest BCUT2D eigenvalue weighted by Gasteiger charge is 2.31. The van der Waals surface area contributed by atoms with E-state index in [1.807, 2.05) is 31.2 Å². The fourth-order valence-electron chi connectivity index (χ4n) is 2.40. The number of rotatable bonds is 4. The van der Waals surface area contributed by atoms with Crippen LogP contribution in [0.3, 0.4) is 0 Å². The first kappa shape index (κ1) is 12.4. The molecule has 2 rings (SSSR count). The van der Waals surface area contributed by atoms with Gasteiger partial charge in [0, 0.05) is 12.2 Å². The molecule has 1 aliphatic heterocycles. The van der Waals surface area contributed by atoms with E-state index in [1.54, 1.807) is 0 Å². The summed E-state index contributed by atoms with van der Waals surface area (Å²) in [6.07, 6.45) is 1.20. The molecule has 94 valence electrons. The molecule has 0 amide bonds. The third-order valence-electron chi connectivity index (χ3n) is 3.38. The number of para-hydroxylation sites is 1. The van der Waals surface area contributed by atoms with Crippen LogP contribution in [0.1, 0.15) is 31.9 Å². The Labute approximate surface area is 103 Å². The molecule has 1 aromatic rings. The van der Waals surface area contributed by atoms with E-state index in [-0.39, 0.29) is 12.1 Å². The number of ether oxygens (including phenoxy) is 2. The zero-order valence-corrected chi connectivity index (χ0v) is 10.6. The summed E-state index contributed by atoms with van der Waals surface area (Å²) in [6, 6.07) is 7.87. The van der Waals surface area contributed by atoms with E-state index < -0.39 is 0 Å². The first-order valence-corrected chi connectivity index (χ1v) is 6.33. The average Bonchev–Trinajstić information content (AvgIpc) is 2.76. The van der Waals surface area contributed by atoms with Gasteiger partial charge in [0.15, 0.2) is 0 Å². The molecule has 1 heterocycles. The van der Waals surface area contributed by atoms with Crippen molar-refractivity contribution in [3.63, 3.8) is 0 Å². The summed E-state index contributed by atoms with van der Waals surface area (Å²) < 4.78 is 11.4. The van der Waals surface area contributed by atoms with Crippen LogP contribution in [0, 0.1) is 5.92 Å². The van der Waals surface area contributed by atoms with Gasteiger partial charge in [-0.15, -0.1) is 0 Å². The van der Waals surface area contributed by atoms with Crippen molar-refractivity contribution >= 4 is 0 Å². The fourth-order valence-corrected chi connectivity index (χ4v) is 2.40. The van der Waals surface area contributed by atoms with Crippen molar-refractivity contribution in [2.24, 2.45) is 11.7 Å². The molecule has 0 spiro atoms. The zero-order chi connectivity index (χ0) is 12.3. The van der Waals surface area contributed by atoms with E-state index in [9.17, 15) is 0 Å². The van der Waals surface area contributed by atoms with Crippen molar-refractivity contribution in [2.75, 3.05) is 13.2 Å². The lowest BCUT2D eigenvalue weighted by Gasteiger charge is -2.24. The monoisotopic (exact) mass is 235 g/mol. The predicted molar refractivity (Wildman–Crippen MR) is 68.1 cm³/mol. The molecule has 0 saturated carbocycles. The molecule has 1 aliphatic rings. The van der Waals surface area contributed by atoms with Gasteiger partial charge in [-0.25, -0.2) is 0 Å². The Kier molecular flexibility index (Phi) is 4.02. The summed E-state index contributed by atoms with van der Waals surface area (Å²) in [7, 11) is 0. The van der Waals surface area contributed by atoms with Crippen LogP contribution in [0.15, 0.2) is 24.3 Å². The quantitative estimate of drug-likeness (QED) is 0.872. The molecule has 1 aromatic carbocycles. The summed E-state index contributed by atoms with van der Waals surface area (Å²) in [5.41, 5.74) is 7.37. The Bertz CT molecular complexity index is 367. The summed E-state index contributed by atoms with van der Waals surface area (Å²) >= 11 is 0. The Morgan fingerprint density at radius 2 is 2.24 bits per heavy atom. The zero-order valence-electron chi connectivity index (χ0n) is 10.6. The van der Waals surface area contributed by atoms with Crippen LogP contribution >= 0.6 is 0 Å². The maximum Gasteiger partial charge on any atom is 0.124 e. The molecule has 2 N–H and O–H groups in total. The second-order valence-electron chi connectivity index (χ2n) is 4.60. The molecule has 0 aromatic heterocycles. The van der Waals surface area contributed by atoms with Crippen molar-refractivity contribution in [3.8, 4) is 5.75 Å². The predicted octanol–water partition coefficient (Wildman–Crippen LogP) is 2.51. The second-order valence-corrected chi connectivity index (χ2v) is 4.60. The van der Waals surface area contributed by atoms with Gasteiger partial charge in [-0.05, 0) is 25.3 Å². The van der Waals surface area contributed by atoms with E-state index in [0.717, 1.165) is 24.3 Å². The number of hydrogen-bond donors (Lipinski definition) is 1. The van der Waals surface area contributed by atoms with Gasteiger partial charge in [-0.1, -0.05) is 25.1 Å². The average molecular weight is 235 g/mol. The van der Waals surface area contributed by atoms with Crippen LogP contribution in [0.2, 0.25) is 0 Å². The molecule has 1 fully saturated rings. The van der Waals surface area contributed by atoms with Gasteiger partial charge >= 0.3 is 0 Å². The van der Waals surface area contributed by atoms with Crippen LogP contribution in [0.25, 0.3) is 0 Å². The summed E-state index contributed by atoms with van der Waals surface area (Å²) in [5.74, 6) is 1.39. The van der Waals surface area contributed by atoms with Gasteiger partial charge in [-0.3, -0.25) is 0 Å². The van der Waals surface area contributed by atoms with Crippen molar-refractivity contribution in [1.82, 2.24) is 0 Å². The molecular formula is C14H21NO2. The van der Waals surface area contributed by atoms with Gasteiger partial charge < -0.3 is 15.2 Å². The molecule has 3 nitrogen and oxygen atoms in total. The van der Waals surface area contributed by atoms with Gasteiger partial charge in [0.05, 0.1) is 18.8 Å². The van der Waals surface area contributed by atoms with Crippen LogP contribution in [0.5, 0.6) is 5.75 Å². The minimum Gasteiger partial charge on any atom is -0.494 e. The van der Waals surface area contributed by atoms with Gasteiger partial charge in [-0.2, -0.15) is 0 Å². The van der Waals surface area contributed by atoms with Crippen molar-refractivity contribution < 1.29 is 9.47 Å². The summed E-state index contributed by atoms with van der Waals surface area (Å²) in [5, 5.41) is 0. The van der Waals surface area contributed by atoms with Gasteiger partial charge in [0.2, 0.25) is 0 Å². The Hall–Kier alpha value is -1.06. The van der Waals surface area contributed by atoms with Gasteiger partial charge in [0.25, 0.3) is 0 Å². The minimum atomic E-state index is -0.102. The Balaban J connectivity index is 2.20. The lowest BCUT2D eigenvalue weighted by Crippen LogP contribution is -2.30. The maximum atomic E-state index is 6.32. The first-order valence-electron chi connectivity index (χ1n) is 6.33. The van der Waals surface area contributed by atoms with Crippen molar-refractivity contribution in [3.05, 3.63) is 29.8 Å². The third-order valence-corrected chi connectivity index (χ3v) is 3.38. The van der Waals surface area contributed by atoms with Crippen molar-refractivity contribution in [2.45, 2.75) is 32.4 Å². The molecule has 17 heavy (non-hydrogen) atoms. The van der Waals surface area contributed by atoms with E-state index in [1.165, 1.54) is 0 Å². The van der Waals surface area contributed by atoms with E-state index in [2.05, 4.69) is 6.92 Å². The SMILES string of the molecule is CCOc1ccccc1C(N)C1OCCC1C. The largest absolute Gasteiger partial charge is 0.494 e. The highest BCUT2D eigenvalue weighted by molar-refractivity contribution is 5.36. The highest BCUT2D eigenvalue weighted by atomic mass is 16.5. The van der Waals surface area contributed by atoms with Crippen LogP contribution < -0.4 is 10.5 Å². The standard InChI is InChI=1S/C14H21NO2/c1-3-16-12-7-5-4-6-11(12)13(15)14-10(2)8-9-17-14/h4-7,10,13-14H,3,8-9,15H2,1-2H3. The Morgan fingerprint density at radius 1 is 1.47 bits per heavy atom. The molecule has 0 radical (unpaired) electrons. The van der Waals surface area contributed by atoms with Gasteiger partial charge in [0.1, 0.15) is 5.75 Å². The maximum absolute atomic E-state index is 6.32. The third kappa shape index (κ3) is 2.61. The van der Waals surface area contributed by atoms with Crippen LogP contribution in [-0.2, 0) is 4.74 Å². The number of hydrogen-bond acceptors (Lipinski definition) is 3. The van der Waals surface area contributed by atoms with E-state index in [0.29, 0.717) is 12.5 Å². The van der Waals surface area contributed by atoms with Crippen LogP contribution in [0.4, 0.5) is 0 Å². The lowest BCUT2D eigenvalue weighted by molar-refractivity contribution is 0.0716. The fraction of sp³-hybridized carbons (Fsp3) is 0.571. The molecular weight excluding hydrogens is 214 g/mol. The van der Waals surface area contributed by atoms with Crippen LogP contribution in [-0.4, -0.2) is 19.3 Å². The number of nitrogens with two attached hydrogens (primary N) is 1.